The third-order valence-electron chi connectivity index (χ3n) is 4.95. The molecule has 0 heterocycles. The summed E-state index contributed by atoms with van der Waals surface area (Å²) in [5, 5.41) is 3.34. The summed E-state index contributed by atoms with van der Waals surface area (Å²) >= 11 is 6.17. The molecule has 0 aromatic heterocycles. The van der Waals surface area contributed by atoms with Gasteiger partial charge in [-0.05, 0) is 35.4 Å². The van der Waals surface area contributed by atoms with Gasteiger partial charge in [0, 0.05) is 21.7 Å². The minimum atomic E-state index is -0.315. The molecule has 32 heavy (non-hydrogen) atoms. The van der Waals surface area contributed by atoms with Crippen molar-refractivity contribution in [3.8, 4) is 0 Å². The lowest BCUT2D eigenvalue weighted by Crippen LogP contribution is -2.16. The molecule has 0 saturated carbocycles. The first kappa shape index (κ1) is 21.3. The monoisotopic (exact) mass is 437 g/mol. The Morgan fingerprint density at radius 1 is 0.688 bits per heavy atom. The van der Waals surface area contributed by atoms with Crippen LogP contribution in [0.1, 0.15) is 27.0 Å². The highest BCUT2D eigenvalue weighted by molar-refractivity contribution is 6.32. The number of halogens is 1. The van der Waals surface area contributed by atoms with E-state index in [0.717, 1.165) is 11.1 Å². The van der Waals surface area contributed by atoms with Crippen molar-refractivity contribution in [3.63, 3.8) is 0 Å². The van der Waals surface area contributed by atoms with Gasteiger partial charge in [0.2, 0.25) is 0 Å². The first-order chi connectivity index (χ1) is 15.6. The van der Waals surface area contributed by atoms with Gasteiger partial charge < -0.3 is 5.32 Å². The molecule has 1 amide bonds. The number of amides is 1. The highest BCUT2D eigenvalue weighted by atomic mass is 35.5. The second kappa shape index (κ2) is 9.90. The van der Waals surface area contributed by atoms with E-state index in [-0.39, 0.29) is 11.7 Å². The molecule has 4 heteroatoms. The third-order valence-corrected chi connectivity index (χ3v) is 5.19. The van der Waals surface area contributed by atoms with Gasteiger partial charge in [-0.2, -0.15) is 0 Å². The van der Waals surface area contributed by atoms with Crippen LogP contribution in [-0.4, -0.2) is 11.7 Å². The largest absolute Gasteiger partial charge is 0.321 e. The van der Waals surface area contributed by atoms with Gasteiger partial charge in [0.25, 0.3) is 5.91 Å². The summed E-state index contributed by atoms with van der Waals surface area (Å²) in [6.07, 6.45) is 1.83. The molecule has 0 aliphatic rings. The van der Waals surface area contributed by atoms with Gasteiger partial charge in [-0.25, -0.2) is 0 Å². The molecule has 0 fully saturated rings. The Labute approximate surface area is 192 Å². The Balaban J connectivity index is 1.72. The summed E-state index contributed by atoms with van der Waals surface area (Å²) in [4.78, 5) is 26.5. The van der Waals surface area contributed by atoms with Crippen molar-refractivity contribution in [2.45, 2.75) is 0 Å². The number of rotatable bonds is 6. The number of carbonyl (C=O) groups excluding carboxylic acids is 2. The van der Waals surface area contributed by atoms with E-state index in [9.17, 15) is 9.59 Å². The maximum atomic E-state index is 13.4. The molecule has 0 atom stereocenters. The van der Waals surface area contributed by atoms with E-state index < -0.39 is 0 Å². The predicted molar refractivity (Wildman–Crippen MR) is 131 cm³/mol. The predicted octanol–water partition coefficient (Wildman–Crippen LogP) is 6.75. The SMILES string of the molecule is O=C(Nc1ccc(Cl)cc1C(=O)c1ccccc1)C(=Cc1ccccc1)c1ccccc1. The zero-order valence-corrected chi connectivity index (χ0v) is 17.9. The number of hydrogen-bond acceptors (Lipinski definition) is 2. The summed E-state index contributed by atoms with van der Waals surface area (Å²) in [6.45, 7) is 0. The molecule has 0 spiro atoms. The van der Waals surface area contributed by atoms with Crippen LogP contribution in [0.2, 0.25) is 5.02 Å². The van der Waals surface area contributed by atoms with Crippen molar-refractivity contribution in [1.29, 1.82) is 0 Å². The van der Waals surface area contributed by atoms with Gasteiger partial charge in [0.1, 0.15) is 0 Å². The van der Waals surface area contributed by atoms with Crippen molar-refractivity contribution < 1.29 is 9.59 Å². The summed E-state index contributed by atoms with van der Waals surface area (Å²) < 4.78 is 0. The number of nitrogens with one attached hydrogen (secondary N) is 1. The second-order valence-corrected chi connectivity index (χ2v) is 7.61. The quantitative estimate of drug-likeness (QED) is 0.206. The Kier molecular flexibility index (Phi) is 6.59. The Hall–Kier alpha value is -3.95. The maximum Gasteiger partial charge on any atom is 0.256 e. The molecule has 0 radical (unpaired) electrons. The van der Waals surface area contributed by atoms with E-state index in [1.54, 1.807) is 42.5 Å². The van der Waals surface area contributed by atoms with Crippen LogP contribution in [0.3, 0.4) is 0 Å². The molecule has 4 aromatic rings. The molecule has 0 bridgehead atoms. The molecular weight excluding hydrogens is 418 g/mol. The fourth-order valence-corrected chi connectivity index (χ4v) is 3.53. The van der Waals surface area contributed by atoms with Gasteiger partial charge in [-0.15, -0.1) is 0 Å². The summed E-state index contributed by atoms with van der Waals surface area (Å²) in [6, 6.07) is 32.9. The van der Waals surface area contributed by atoms with E-state index in [1.165, 1.54) is 0 Å². The van der Waals surface area contributed by atoms with E-state index >= 15 is 0 Å². The van der Waals surface area contributed by atoms with Gasteiger partial charge in [-0.3, -0.25) is 9.59 Å². The standard InChI is InChI=1S/C28H20ClNO2/c29-23-16-17-26(25(19-23)27(31)22-14-8-3-9-15-22)30-28(32)24(21-12-6-2-7-13-21)18-20-10-4-1-5-11-20/h1-19H,(H,30,32). The van der Waals surface area contributed by atoms with E-state index in [4.69, 9.17) is 11.6 Å². The van der Waals surface area contributed by atoms with Gasteiger partial charge in [0.05, 0.1) is 5.69 Å². The highest BCUT2D eigenvalue weighted by Gasteiger charge is 2.18. The lowest BCUT2D eigenvalue weighted by molar-refractivity contribution is -0.111. The van der Waals surface area contributed by atoms with Crippen LogP contribution < -0.4 is 5.32 Å². The normalized spacial score (nSPS) is 11.1. The number of carbonyl (C=O) groups is 2. The summed E-state index contributed by atoms with van der Waals surface area (Å²) in [5.74, 6) is -0.527. The van der Waals surface area contributed by atoms with Crippen LogP contribution in [0.15, 0.2) is 109 Å². The van der Waals surface area contributed by atoms with Crippen molar-refractivity contribution in [2.75, 3.05) is 5.32 Å². The smallest absolute Gasteiger partial charge is 0.256 e. The molecule has 0 unspecified atom stereocenters. The first-order valence-corrected chi connectivity index (χ1v) is 10.5. The van der Waals surface area contributed by atoms with Crippen LogP contribution in [0, 0.1) is 0 Å². The third kappa shape index (κ3) is 5.02. The molecule has 0 saturated heterocycles. The molecule has 3 nitrogen and oxygen atoms in total. The maximum absolute atomic E-state index is 13.4. The molecular formula is C28H20ClNO2. The molecule has 4 aromatic carbocycles. The molecule has 4 rings (SSSR count). The molecule has 1 N–H and O–H groups in total. The highest BCUT2D eigenvalue weighted by Crippen LogP contribution is 2.26. The average molecular weight is 438 g/mol. The van der Waals surface area contributed by atoms with E-state index in [1.807, 2.05) is 72.8 Å². The zero-order valence-electron chi connectivity index (χ0n) is 17.2. The first-order valence-electron chi connectivity index (χ1n) is 10.1. The van der Waals surface area contributed by atoms with Crippen LogP contribution in [0.25, 0.3) is 11.6 Å². The summed E-state index contributed by atoms with van der Waals surface area (Å²) in [5.41, 5.74) is 3.43. The molecule has 0 aliphatic heterocycles. The van der Waals surface area contributed by atoms with Gasteiger partial charge in [0.15, 0.2) is 5.78 Å². The minimum absolute atomic E-state index is 0.211. The number of hydrogen-bond donors (Lipinski definition) is 1. The van der Waals surface area contributed by atoms with Crippen molar-refractivity contribution >= 4 is 40.6 Å². The average Bonchev–Trinajstić information content (AvgIpc) is 2.85. The van der Waals surface area contributed by atoms with Crippen molar-refractivity contribution in [1.82, 2.24) is 0 Å². The Bertz CT molecular complexity index is 1270. The molecule has 156 valence electrons. The lowest BCUT2D eigenvalue weighted by Gasteiger charge is -2.13. The van der Waals surface area contributed by atoms with Crippen LogP contribution in [-0.2, 0) is 4.79 Å². The second-order valence-electron chi connectivity index (χ2n) is 7.17. The van der Waals surface area contributed by atoms with Gasteiger partial charge >= 0.3 is 0 Å². The number of ketones is 1. The minimum Gasteiger partial charge on any atom is -0.321 e. The Morgan fingerprint density at radius 3 is 1.88 bits per heavy atom. The van der Waals surface area contributed by atoms with Crippen LogP contribution >= 0.6 is 11.6 Å². The van der Waals surface area contributed by atoms with Gasteiger partial charge in [-0.1, -0.05) is 103 Å². The Morgan fingerprint density at radius 2 is 1.25 bits per heavy atom. The van der Waals surface area contributed by atoms with E-state index in [2.05, 4.69) is 5.32 Å². The summed E-state index contributed by atoms with van der Waals surface area (Å²) in [7, 11) is 0. The number of anilines is 1. The molecule has 0 aliphatic carbocycles. The van der Waals surface area contributed by atoms with E-state index in [0.29, 0.717) is 27.4 Å². The fraction of sp³-hybridized carbons (Fsp3) is 0. The van der Waals surface area contributed by atoms with Crippen LogP contribution in [0.5, 0.6) is 0 Å². The topological polar surface area (TPSA) is 46.2 Å². The fourth-order valence-electron chi connectivity index (χ4n) is 3.36. The number of benzene rings is 4. The van der Waals surface area contributed by atoms with Crippen molar-refractivity contribution in [2.24, 2.45) is 0 Å². The van der Waals surface area contributed by atoms with Crippen LogP contribution in [0.4, 0.5) is 5.69 Å². The zero-order chi connectivity index (χ0) is 22.3. The van der Waals surface area contributed by atoms with Crippen molar-refractivity contribution in [3.05, 3.63) is 136 Å². The lowest BCUT2D eigenvalue weighted by atomic mass is 9.99.